The molecule has 0 bridgehead atoms. The smallest absolute Gasteiger partial charge is 0.274 e. The maximum atomic E-state index is 13.8. The molecule has 0 spiro atoms. The number of imidazole rings is 1. The molecule has 1 aliphatic rings. The molecule has 5 rings (SSSR count). The van der Waals surface area contributed by atoms with E-state index in [-0.39, 0.29) is 35.2 Å². The summed E-state index contributed by atoms with van der Waals surface area (Å²) < 4.78 is 15.5. The van der Waals surface area contributed by atoms with E-state index in [2.05, 4.69) is 15.3 Å². The van der Waals surface area contributed by atoms with Gasteiger partial charge >= 0.3 is 0 Å². The van der Waals surface area contributed by atoms with Gasteiger partial charge in [0.2, 0.25) is 0 Å². The Balaban J connectivity index is 1.32. The van der Waals surface area contributed by atoms with Crippen LogP contribution in [0.4, 0.5) is 9.52 Å². The summed E-state index contributed by atoms with van der Waals surface area (Å²) in [6.45, 7) is 2.42. The fourth-order valence-corrected chi connectivity index (χ4v) is 5.40. The van der Waals surface area contributed by atoms with Gasteiger partial charge in [0.25, 0.3) is 11.8 Å². The van der Waals surface area contributed by atoms with Crippen LogP contribution in [-0.4, -0.2) is 50.2 Å². The molecule has 0 radical (unpaired) electrons. The molecule has 1 aromatic carbocycles. The number of hydrogen-bond donors (Lipinski definition) is 2. The second-order valence-electron chi connectivity index (χ2n) is 7.83. The number of nitrogens with one attached hydrogen (secondary N) is 1. The SMILES string of the molecule is Cc1nc2sccn2c1C(=O)NCCN(C(=O)c1nc(N)sc1-c1cccc(F)c1)C1CC1. The first kappa shape index (κ1) is 21.5. The number of nitrogens with zero attached hydrogens (tertiary/aromatic N) is 4. The molecular weight excluding hydrogens is 463 g/mol. The Morgan fingerprint density at radius 2 is 2.15 bits per heavy atom. The Kier molecular flexibility index (Phi) is 5.59. The number of carbonyl (C=O) groups is 2. The van der Waals surface area contributed by atoms with Crippen molar-refractivity contribution in [2.24, 2.45) is 0 Å². The van der Waals surface area contributed by atoms with E-state index in [0.717, 1.165) is 29.1 Å². The van der Waals surface area contributed by atoms with Crippen LogP contribution in [0.5, 0.6) is 0 Å². The van der Waals surface area contributed by atoms with E-state index in [9.17, 15) is 14.0 Å². The van der Waals surface area contributed by atoms with Crippen molar-refractivity contribution in [1.29, 1.82) is 0 Å². The average molecular weight is 485 g/mol. The molecule has 0 unspecified atom stereocenters. The molecule has 3 heterocycles. The molecule has 8 nitrogen and oxygen atoms in total. The molecule has 170 valence electrons. The number of hydrogen-bond acceptors (Lipinski definition) is 7. The van der Waals surface area contributed by atoms with Crippen LogP contribution in [0.3, 0.4) is 0 Å². The quantitative estimate of drug-likeness (QED) is 0.417. The predicted octanol–water partition coefficient (Wildman–Crippen LogP) is 3.58. The van der Waals surface area contributed by atoms with E-state index in [4.69, 9.17) is 5.73 Å². The zero-order valence-corrected chi connectivity index (χ0v) is 19.4. The lowest BCUT2D eigenvalue weighted by atomic mass is 10.1. The number of rotatable bonds is 7. The number of aryl methyl sites for hydroxylation is 1. The van der Waals surface area contributed by atoms with Gasteiger partial charge in [-0.25, -0.2) is 14.4 Å². The Morgan fingerprint density at radius 1 is 1.33 bits per heavy atom. The van der Waals surface area contributed by atoms with Gasteiger partial charge in [-0.2, -0.15) is 0 Å². The van der Waals surface area contributed by atoms with Crippen molar-refractivity contribution < 1.29 is 14.0 Å². The van der Waals surface area contributed by atoms with Gasteiger partial charge in [-0.15, -0.1) is 11.3 Å². The highest BCUT2D eigenvalue weighted by Gasteiger charge is 2.35. The number of thiazole rings is 2. The van der Waals surface area contributed by atoms with Gasteiger partial charge in [-0.3, -0.25) is 14.0 Å². The number of amides is 2. The van der Waals surface area contributed by atoms with Crippen LogP contribution in [0.1, 0.15) is 39.5 Å². The lowest BCUT2D eigenvalue weighted by Crippen LogP contribution is -2.40. The summed E-state index contributed by atoms with van der Waals surface area (Å²) in [5.41, 5.74) is 7.84. The second kappa shape index (κ2) is 8.56. The lowest BCUT2D eigenvalue weighted by Gasteiger charge is -2.22. The van der Waals surface area contributed by atoms with Crippen LogP contribution in [-0.2, 0) is 0 Å². The molecule has 3 N–H and O–H groups in total. The molecule has 0 saturated heterocycles. The molecular formula is C22H21FN6O2S2. The Bertz CT molecular complexity index is 1360. The van der Waals surface area contributed by atoms with E-state index < -0.39 is 5.82 Å². The van der Waals surface area contributed by atoms with Gasteiger partial charge in [0.1, 0.15) is 17.2 Å². The molecule has 11 heteroatoms. The zero-order valence-electron chi connectivity index (χ0n) is 17.7. The van der Waals surface area contributed by atoms with Crippen LogP contribution in [0.15, 0.2) is 35.8 Å². The van der Waals surface area contributed by atoms with Gasteiger partial charge < -0.3 is 16.0 Å². The molecule has 1 aliphatic carbocycles. The minimum Gasteiger partial charge on any atom is -0.375 e. The molecule has 3 aromatic heterocycles. The molecule has 1 saturated carbocycles. The highest BCUT2D eigenvalue weighted by Crippen LogP contribution is 2.35. The van der Waals surface area contributed by atoms with Crippen LogP contribution in [0.25, 0.3) is 15.4 Å². The fraction of sp³-hybridized carbons (Fsp3) is 0.273. The molecule has 33 heavy (non-hydrogen) atoms. The van der Waals surface area contributed by atoms with Gasteiger partial charge in [0, 0.05) is 30.7 Å². The summed E-state index contributed by atoms with van der Waals surface area (Å²) in [6, 6.07) is 6.13. The molecule has 0 atom stereocenters. The second-order valence-corrected chi connectivity index (χ2v) is 9.73. The summed E-state index contributed by atoms with van der Waals surface area (Å²) in [6.07, 6.45) is 3.60. The molecule has 2 amide bonds. The number of benzene rings is 1. The van der Waals surface area contributed by atoms with E-state index in [1.807, 2.05) is 11.6 Å². The third-order valence-corrected chi connectivity index (χ3v) is 7.16. The van der Waals surface area contributed by atoms with Crippen molar-refractivity contribution >= 4 is 44.6 Å². The Labute approximate surface area is 196 Å². The van der Waals surface area contributed by atoms with Crippen molar-refractivity contribution in [2.75, 3.05) is 18.8 Å². The van der Waals surface area contributed by atoms with Gasteiger partial charge in [0.15, 0.2) is 10.1 Å². The van der Waals surface area contributed by atoms with E-state index in [1.54, 1.807) is 28.4 Å². The summed E-state index contributed by atoms with van der Waals surface area (Å²) in [4.78, 5) is 37.9. The van der Waals surface area contributed by atoms with Crippen LogP contribution < -0.4 is 11.1 Å². The van der Waals surface area contributed by atoms with E-state index in [1.165, 1.54) is 23.5 Å². The number of anilines is 1. The highest BCUT2D eigenvalue weighted by molar-refractivity contribution is 7.19. The van der Waals surface area contributed by atoms with Crippen molar-refractivity contribution in [3.05, 3.63) is 58.7 Å². The van der Waals surface area contributed by atoms with Gasteiger partial charge in [0.05, 0.1) is 10.6 Å². The highest BCUT2D eigenvalue weighted by atomic mass is 32.1. The Morgan fingerprint density at radius 3 is 2.91 bits per heavy atom. The summed E-state index contributed by atoms with van der Waals surface area (Å²) in [5.74, 6) is -0.894. The molecule has 0 aliphatic heterocycles. The third kappa shape index (κ3) is 4.21. The van der Waals surface area contributed by atoms with Crippen LogP contribution in [0.2, 0.25) is 0 Å². The van der Waals surface area contributed by atoms with Crippen molar-refractivity contribution in [3.8, 4) is 10.4 Å². The normalized spacial score (nSPS) is 13.4. The predicted molar refractivity (Wildman–Crippen MR) is 126 cm³/mol. The van der Waals surface area contributed by atoms with E-state index in [0.29, 0.717) is 28.4 Å². The molecule has 1 fully saturated rings. The van der Waals surface area contributed by atoms with Crippen molar-refractivity contribution in [1.82, 2.24) is 24.6 Å². The number of nitrogen functional groups attached to an aromatic ring is 1. The summed E-state index contributed by atoms with van der Waals surface area (Å²) >= 11 is 2.62. The van der Waals surface area contributed by atoms with Crippen LogP contribution in [0, 0.1) is 12.7 Å². The topological polar surface area (TPSA) is 106 Å². The number of halogens is 1. The zero-order chi connectivity index (χ0) is 23.1. The first-order chi connectivity index (χ1) is 15.9. The Hall–Kier alpha value is -3.31. The van der Waals surface area contributed by atoms with Crippen molar-refractivity contribution in [3.63, 3.8) is 0 Å². The lowest BCUT2D eigenvalue weighted by molar-refractivity contribution is 0.0732. The standard InChI is InChI=1S/C22H21FN6O2S2/c1-12-17(29-9-10-32-22(29)26-12)19(30)25-7-8-28(15-5-6-15)20(31)16-18(33-21(24)27-16)13-3-2-4-14(23)11-13/h2-4,9-11,15H,5-8H2,1H3,(H2,24,27)(H,25,30). The number of fused-ring (bicyclic) bond motifs is 1. The summed E-state index contributed by atoms with van der Waals surface area (Å²) in [5, 5.41) is 5.03. The average Bonchev–Trinajstić information content (AvgIpc) is 3.26. The van der Waals surface area contributed by atoms with E-state index >= 15 is 0 Å². The largest absolute Gasteiger partial charge is 0.375 e. The van der Waals surface area contributed by atoms with Gasteiger partial charge in [-0.1, -0.05) is 23.5 Å². The maximum absolute atomic E-state index is 13.8. The number of aromatic nitrogens is 3. The first-order valence-electron chi connectivity index (χ1n) is 10.5. The minimum absolute atomic E-state index is 0.0953. The van der Waals surface area contributed by atoms with Gasteiger partial charge in [-0.05, 0) is 37.5 Å². The molecule has 4 aromatic rings. The first-order valence-corrected chi connectivity index (χ1v) is 12.2. The number of carbonyl (C=O) groups excluding carboxylic acids is 2. The van der Waals surface area contributed by atoms with Crippen LogP contribution >= 0.6 is 22.7 Å². The van der Waals surface area contributed by atoms with Crippen molar-refractivity contribution in [2.45, 2.75) is 25.8 Å². The minimum atomic E-state index is -0.394. The fourth-order valence-electron chi connectivity index (χ4n) is 3.82. The third-order valence-electron chi connectivity index (χ3n) is 5.47. The maximum Gasteiger partial charge on any atom is 0.274 e. The number of nitrogens with two attached hydrogens (primary N) is 1. The monoisotopic (exact) mass is 484 g/mol. The summed E-state index contributed by atoms with van der Waals surface area (Å²) in [7, 11) is 0.